The van der Waals surface area contributed by atoms with Crippen molar-refractivity contribution in [2.45, 2.75) is 51.6 Å². The number of nitrogens with one attached hydrogen (secondary N) is 1. The lowest BCUT2D eigenvalue weighted by atomic mass is 9.75. The lowest BCUT2D eigenvalue weighted by Gasteiger charge is -2.35. The van der Waals surface area contributed by atoms with Gasteiger partial charge < -0.3 is 16.2 Å². The van der Waals surface area contributed by atoms with Crippen LogP contribution in [0.1, 0.15) is 39.5 Å². The van der Waals surface area contributed by atoms with Crippen molar-refractivity contribution in [3.05, 3.63) is 0 Å². The second-order valence-corrected chi connectivity index (χ2v) is 5.31. The molecule has 0 aromatic rings. The molecule has 0 aromatic heterocycles. The normalized spacial score (nSPS) is 27.3. The van der Waals surface area contributed by atoms with E-state index in [2.05, 4.69) is 19.2 Å². The number of aliphatic carboxylic acids is 1. The van der Waals surface area contributed by atoms with E-state index < -0.39 is 12.0 Å². The summed E-state index contributed by atoms with van der Waals surface area (Å²) in [5.41, 5.74) is 5.82. The maximum absolute atomic E-state index is 10.5. The molecule has 1 saturated carbocycles. The average Bonchev–Trinajstić information content (AvgIpc) is 2.12. The zero-order valence-corrected chi connectivity index (χ0v) is 9.62. The van der Waals surface area contributed by atoms with Crippen molar-refractivity contribution in [2.24, 2.45) is 11.1 Å². The van der Waals surface area contributed by atoms with Crippen molar-refractivity contribution < 1.29 is 9.90 Å². The molecule has 0 aromatic carbocycles. The van der Waals surface area contributed by atoms with Crippen molar-refractivity contribution >= 4 is 5.97 Å². The first-order valence-corrected chi connectivity index (χ1v) is 5.62. The van der Waals surface area contributed by atoms with Gasteiger partial charge in [0.15, 0.2) is 0 Å². The van der Waals surface area contributed by atoms with Gasteiger partial charge in [0.1, 0.15) is 6.04 Å². The van der Waals surface area contributed by atoms with Gasteiger partial charge in [0.05, 0.1) is 0 Å². The Hall–Kier alpha value is -0.610. The maximum Gasteiger partial charge on any atom is 0.321 e. The van der Waals surface area contributed by atoms with Crippen LogP contribution in [0.25, 0.3) is 0 Å². The van der Waals surface area contributed by atoms with Crippen molar-refractivity contribution in [1.29, 1.82) is 0 Å². The molecule has 0 spiro atoms. The lowest BCUT2D eigenvalue weighted by Crippen LogP contribution is -2.46. The van der Waals surface area contributed by atoms with E-state index in [0.717, 1.165) is 12.8 Å². The van der Waals surface area contributed by atoms with Gasteiger partial charge in [-0.25, -0.2) is 0 Å². The Morgan fingerprint density at radius 1 is 1.67 bits per heavy atom. The molecule has 2 atom stereocenters. The second-order valence-electron chi connectivity index (χ2n) is 5.31. The highest BCUT2D eigenvalue weighted by molar-refractivity contribution is 5.73. The molecule has 1 aliphatic rings. The third-order valence-corrected chi connectivity index (χ3v) is 3.15. The van der Waals surface area contributed by atoms with E-state index in [9.17, 15) is 4.79 Å². The molecule has 4 nitrogen and oxygen atoms in total. The summed E-state index contributed by atoms with van der Waals surface area (Å²) in [6.07, 6.45) is 4.72. The number of rotatable bonds is 4. The highest BCUT2D eigenvalue weighted by Gasteiger charge is 2.28. The maximum atomic E-state index is 10.5. The first kappa shape index (κ1) is 12.5. The molecule has 0 bridgehead atoms. The molecule has 0 aliphatic heterocycles. The van der Waals surface area contributed by atoms with Gasteiger partial charge in [0.2, 0.25) is 0 Å². The van der Waals surface area contributed by atoms with E-state index in [4.69, 9.17) is 10.8 Å². The lowest BCUT2D eigenvalue weighted by molar-refractivity contribution is -0.138. The van der Waals surface area contributed by atoms with Crippen LogP contribution >= 0.6 is 0 Å². The summed E-state index contributed by atoms with van der Waals surface area (Å²) in [4.78, 5) is 10.5. The topological polar surface area (TPSA) is 75.3 Å². The largest absolute Gasteiger partial charge is 0.480 e. The average molecular weight is 214 g/mol. The van der Waals surface area contributed by atoms with Gasteiger partial charge in [-0.1, -0.05) is 20.3 Å². The Morgan fingerprint density at radius 3 is 2.87 bits per heavy atom. The van der Waals surface area contributed by atoms with Gasteiger partial charge in [-0.2, -0.15) is 0 Å². The molecule has 0 radical (unpaired) electrons. The van der Waals surface area contributed by atoms with Crippen LogP contribution in [-0.2, 0) is 4.79 Å². The summed E-state index contributed by atoms with van der Waals surface area (Å²) in [7, 11) is 0. The molecule has 0 saturated heterocycles. The molecular weight excluding hydrogens is 192 g/mol. The highest BCUT2D eigenvalue weighted by atomic mass is 16.4. The van der Waals surface area contributed by atoms with Crippen molar-refractivity contribution in [2.75, 3.05) is 6.54 Å². The third-order valence-electron chi connectivity index (χ3n) is 3.15. The van der Waals surface area contributed by atoms with Crippen molar-refractivity contribution in [1.82, 2.24) is 5.32 Å². The summed E-state index contributed by atoms with van der Waals surface area (Å²) in [6, 6.07) is -0.353. The van der Waals surface area contributed by atoms with E-state index in [1.54, 1.807) is 0 Å². The predicted molar refractivity (Wildman–Crippen MR) is 59.7 cm³/mol. The Morgan fingerprint density at radius 2 is 2.33 bits per heavy atom. The minimum absolute atomic E-state index is 0.371. The van der Waals surface area contributed by atoms with E-state index >= 15 is 0 Å². The summed E-state index contributed by atoms with van der Waals surface area (Å²) in [6.45, 7) is 4.89. The third kappa shape index (κ3) is 4.18. The summed E-state index contributed by atoms with van der Waals surface area (Å²) in [5, 5.41) is 11.9. The molecule has 4 N–H and O–H groups in total. The minimum atomic E-state index is -0.933. The predicted octanol–water partition coefficient (Wildman–Crippen LogP) is 0.957. The van der Waals surface area contributed by atoms with Crippen LogP contribution in [0.5, 0.6) is 0 Å². The number of hydrogen-bond acceptors (Lipinski definition) is 3. The summed E-state index contributed by atoms with van der Waals surface area (Å²) < 4.78 is 0. The number of nitrogens with two attached hydrogens (primary N) is 1. The van der Waals surface area contributed by atoms with Gasteiger partial charge in [-0.3, -0.25) is 4.79 Å². The van der Waals surface area contributed by atoms with Gasteiger partial charge >= 0.3 is 5.97 Å². The van der Waals surface area contributed by atoms with Gasteiger partial charge in [-0.05, 0) is 24.7 Å². The van der Waals surface area contributed by atoms with E-state index in [1.807, 2.05) is 0 Å². The molecule has 0 amide bonds. The van der Waals surface area contributed by atoms with Crippen LogP contribution in [0.15, 0.2) is 0 Å². The summed E-state index contributed by atoms with van der Waals surface area (Å²) in [5.74, 6) is -0.933. The van der Waals surface area contributed by atoms with Crippen LogP contribution in [0.3, 0.4) is 0 Å². The molecule has 1 aliphatic carbocycles. The number of carbonyl (C=O) groups is 1. The molecule has 88 valence electrons. The molecule has 0 heterocycles. The zero-order valence-electron chi connectivity index (χ0n) is 9.62. The van der Waals surface area contributed by atoms with Crippen LogP contribution < -0.4 is 11.1 Å². The van der Waals surface area contributed by atoms with Crippen LogP contribution in [0, 0.1) is 5.41 Å². The smallest absolute Gasteiger partial charge is 0.321 e. The van der Waals surface area contributed by atoms with Gasteiger partial charge in [0.25, 0.3) is 0 Å². The van der Waals surface area contributed by atoms with Crippen molar-refractivity contribution in [3.8, 4) is 0 Å². The van der Waals surface area contributed by atoms with E-state index in [1.165, 1.54) is 12.8 Å². The minimum Gasteiger partial charge on any atom is -0.480 e. The van der Waals surface area contributed by atoms with E-state index in [0.29, 0.717) is 18.0 Å². The molecule has 2 unspecified atom stereocenters. The Labute approximate surface area is 91.2 Å². The summed E-state index contributed by atoms with van der Waals surface area (Å²) >= 11 is 0. The van der Waals surface area contributed by atoms with Crippen LogP contribution in [0.4, 0.5) is 0 Å². The highest BCUT2D eigenvalue weighted by Crippen LogP contribution is 2.34. The van der Waals surface area contributed by atoms with Gasteiger partial charge in [-0.15, -0.1) is 0 Å². The first-order chi connectivity index (χ1) is 6.91. The number of carboxylic acid groups (broad SMARTS) is 1. The van der Waals surface area contributed by atoms with Crippen LogP contribution in [0.2, 0.25) is 0 Å². The molecule has 15 heavy (non-hydrogen) atoms. The van der Waals surface area contributed by atoms with E-state index in [-0.39, 0.29) is 0 Å². The molecule has 1 rings (SSSR count). The monoisotopic (exact) mass is 214 g/mol. The van der Waals surface area contributed by atoms with Crippen molar-refractivity contribution in [3.63, 3.8) is 0 Å². The number of hydrogen-bond donors (Lipinski definition) is 3. The zero-order chi connectivity index (χ0) is 11.5. The fourth-order valence-corrected chi connectivity index (χ4v) is 2.25. The van der Waals surface area contributed by atoms with Crippen LogP contribution in [-0.4, -0.2) is 29.7 Å². The fraction of sp³-hybridized carbons (Fsp3) is 0.909. The second kappa shape index (κ2) is 4.94. The molecular formula is C11H22N2O2. The number of carboxylic acids is 1. The molecule has 4 heteroatoms. The fourth-order valence-electron chi connectivity index (χ4n) is 2.25. The van der Waals surface area contributed by atoms with Gasteiger partial charge in [0, 0.05) is 12.6 Å². The Kier molecular flexibility index (Phi) is 4.11. The SMILES string of the molecule is CC1(C)CCCC(NCC(N)C(=O)O)C1. The first-order valence-electron chi connectivity index (χ1n) is 5.62. The molecule has 1 fully saturated rings. The Bertz CT molecular complexity index is 229. The quantitative estimate of drug-likeness (QED) is 0.651. The standard InChI is InChI=1S/C11H22N2O2/c1-11(2)5-3-4-8(6-11)13-7-9(12)10(14)15/h8-9,13H,3-7,12H2,1-2H3,(H,14,15). The Balaban J connectivity index is 2.30.